The van der Waals surface area contributed by atoms with Crippen molar-refractivity contribution < 1.29 is 14.3 Å². The first kappa shape index (κ1) is 17.2. The van der Waals surface area contributed by atoms with Gasteiger partial charge in [-0.15, -0.1) is 0 Å². The first-order valence-electron chi connectivity index (χ1n) is 10.8. The summed E-state index contributed by atoms with van der Waals surface area (Å²) in [5.41, 5.74) is 1.88. The number of nitrogens with zero attached hydrogens (tertiary/aromatic N) is 2. The molecule has 0 unspecified atom stereocenters. The molecule has 0 N–H and O–H groups in total. The smallest absolute Gasteiger partial charge is 0.293 e. The fraction of sp³-hybridized carbons (Fsp3) is 0.609. The SMILES string of the molecule is O=C1N(CN2CCCCC2)c2ccccc2C12OCC1(CO2)C[C@H]2C=C[C@H]1C2. The van der Waals surface area contributed by atoms with Gasteiger partial charge in [0.2, 0.25) is 0 Å². The van der Waals surface area contributed by atoms with Gasteiger partial charge in [-0.1, -0.05) is 36.8 Å². The van der Waals surface area contributed by atoms with Crippen molar-refractivity contribution in [1.82, 2.24) is 4.90 Å². The maximum absolute atomic E-state index is 13.6. The lowest BCUT2D eigenvalue weighted by atomic mass is 9.76. The van der Waals surface area contributed by atoms with Crippen molar-refractivity contribution in [3.63, 3.8) is 0 Å². The Kier molecular flexibility index (Phi) is 3.78. The van der Waals surface area contributed by atoms with Crippen LogP contribution in [0.4, 0.5) is 5.69 Å². The summed E-state index contributed by atoms with van der Waals surface area (Å²) in [6, 6.07) is 8.01. The number of piperidine rings is 1. The van der Waals surface area contributed by atoms with Crippen LogP contribution in [0, 0.1) is 17.3 Å². The molecule has 2 spiro atoms. The zero-order valence-corrected chi connectivity index (χ0v) is 16.3. The molecule has 2 aliphatic carbocycles. The summed E-state index contributed by atoms with van der Waals surface area (Å²) in [5, 5.41) is 0. The van der Waals surface area contributed by atoms with E-state index in [-0.39, 0.29) is 11.3 Å². The maximum Gasteiger partial charge on any atom is 0.293 e. The number of benzene rings is 1. The van der Waals surface area contributed by atoms with Gasteiger partial charge in [0.05, 0.1) is 25.6 Å². The van der Waals surface area contributed by atoms with Crippen molar-refractivity contribution in [3.8, 4) is 0 Å². The summed E-state index contributed by atoms with van der Waals surface area (Å²) in [4.78, 5) is 17.9. The fourth-order valence-electron chi connectivity index (χ4n) is 6.07. The van der Waals surface area contributed by atoms with Crippen LogP contribution in [0.5, 0.6) is 0 Å². The standard InChI is InChI=1S/C23H28N2O3/c26-21-23(27-14-22(15-28-23)13-17-8-9-18(22)12-17)19-6-2-3-7-20(19)25(21)16-24-10-4-1-5-11-24/h2-3,6-9,17-18H,1,4-5,10-16H2/t17-,18-,22?,23?/m0/s1. The molecule has 5 heteroatoms. The lowest BCUT2D eigenvalue weighted by molar-refractivity contribution is -0.295. The van der Waals surface area contributed by atoms with Crippen molar-refractivity contribution in [3.05, 3.63) is 42.0 Å². The second-order valence-corrected chi connectivity index (χ2v) is 9.32. The quantitative estimate of drug-likeness (QED) is 0.739. The molecule has 3 aliphatic heterocycles. The van der Waals surface area contributed by atoms with Gasteiger partial charge in [-0.05, 0) is 56.7 Å². The minimum Gasteiger partial charge on any atom is -0.338 e. The molecule has 148 valence electrons. The summed E-state index contributed by atoms with van der Waals surface area (Å²) >= 11 is 0. The number of hydrogen-bond donors (Lipinski definition) is 0. The van der Waals surface area contributed by atoms with E-state index < -0.39 is 5.79 Å². The summed E-state index contributed by atoms with van der Waals surface area (Å²) in [7, 11) is 0. The number of likely N-dealkylation sites (tertiary alicyclic amines) is 1. The van der Waals surface area contributed by atoms with Crippen LogP contribution in [0.1, 0.15) is 37.7 Å². The molecule has 5 aliphatic rings. The number of carbonyl (C=O) groups is 1. The minimum atomic E-state index is -1.25. The highest BCUT2D eigenvalue weighted by Crippen LogP contribution is 2.57. The number of ether oxygens (including phenoxy) is 2. The maximum atomic E-state index is 13.6. The van der Waals surface area contributed by atoms with Gasteiger partial charge in [0, 0.05) is 11.0 Å². The first-order valence-corrected chi connectivity index (χ1v) is 10.8. The van der Waals surface area contributed by atoms with Gasteiger partial charge in [-0.3, -0.25) is 14.6 Å². The zero-order chi connectivity index (χ0) is 18.8. The van der Waals surface area contributed by atoms with Crippen LogP contribution in [0.15, 0.2) is 36.4 Å². The highest BCUT2D eigenvalue weighted by molar-refractivity contribution is 6.06. The highest BCUT2D eigenvalue weighted by Gasteiger charge is 2.61. The van der Waals surface area contributed by atoms with Gasteiger partial charge in [0.15, 0.2) is 0 Å². The highest BCUT2D eigenvalue weighted by atomic mass is 16.7. The van der Waals surface area contributed by atoms with Gasteiger partial charge in [0.25, 0.3) is 11.7 Å². The van der Waals surface area contributed by atoms with Crippen LogP contribution >= 0.6 is 0 Å². The lowest BCUT2D eigenvalue weighted by Crippen LogP contribution is -2.55. The third kappa shape index (κ3) is 2.33. The molecule has 1 aromatic carbocycles. The lowest BCUT2D eigenvalue weighted by Gasteiger charge is -2.45. The zero-order valence-electron chi connectivity index (χ0n) is 16.3. The average Bonchev–Trinajstić information content (AvgIpc) is 3.40. The predicted molar refractivity (Wildman–Crippen MR) is 106 cm³/mol. The van der Waals surface area contributed by atoms with Gasteiger partial charge in [0.1, 0.15) is 0 Å². The van der Waals surface area contributed by atoms with Crippen molar-refractivity contribution in [1.29, 1.82) is 0 Å². The molecule has 3 fully saturated rings. The van der Waals surface area contributed by atoms with Gasteiger partial charge in [-0.2, -0.15) is 0 Å². The largest absolute Gasteiger partial charge is 0.338 e. The van der Waals surface area contributed by atoms with E-state index in [2.05, 4.69) is 17.1 Å². The minimum absolute atomic E-state index is 0.0483. The monoisotopic (exact) mass is 380 g/mol. The Morgan fingerprint density at radius 2 is 1.82 bits per heavy atom. The Balaban J connectivity index is 1.29. The Morgan fingerprint density at radius 1 is 1.04 bits per heavy atom. The topological polar surface area (TPSA) is 42.0 Å². The van der Waals surface area contributed by atoms with Crippen molar-refractivity contribution in [2.75, 3.05) is 37.9 Å². The fourth-order valence-corrected chi connectivity index (χ4v) is 6.07. The number of carbonyl (C=O) groups excluding carboxylic acids is 1. The number of rotatable bonds is 2. The molecule has 0 radical (unpaired) electrons. The third-order valence-corrected chi connectivity index (χ3v) is 7.62. The number of fused-ring (bicyclic) bond motifs is 5. The summed E-state index contributed by atoms with van der Waals surface area (Å²) in [6.07, 6.45) is 10.7. The van der Waals surface area contributed by atoms with E-state index in [0.29, 0.717) is 31.7 Å². The Labute approximate surface area is 166 Å². The van der Waals surface area contributed by atoms with E-state index in [9.17, 15) is 4.79 Å². The first-order chi connectivity index (χ1) is 13.7. The molecular weight excluding hydrogens is 352 g/mol. The van der Waals surface area contributed by atoms with E-state index >= 15 is 0 Å². The molecule has 3 heterocycles. The number of hydrogen-bond acceptors (Lipinski definition) is 4. The molecule has 1 aromatic rings. The number of allylic oxidation sites excluding steroid dienone is 2. The molecule has 1 saturated carbocycles. The van der Waals surface area contributed by atoms with Crippen LogP contribution in [-0.4, -0.2) is 43.8 Å². The molecule has 2 atom stereocenters. The number of para-hydroxylation sites is 1. The van der Waals surface area contributed by atoms with Gasteiger partial charge < -0.3 is 9.47 Å². The molecule has 0 aromatic heterocycles. The van der Waals surface area contributed by atoms with E-state index in [1.165, 1.54) is 25.7 Å². The molecule has 1 amide bonds. The average molecular weight is 380 g/mol. The van der Waals surface area contributed by atoms with E-state index in [4.69, 9.17) is 9.47 Å². The molecule has 2 saturated heterocycles. The Morgan fingerprint density at radius 3 is 2.54 bits per heavy atom. The Hall–Kier alpha value is -1.69. The number of amides is 1. The van der Waals surface area contributed by atoms with E-state index in [0.717, 1.165) is 30.8 Å². The van der Waals surface area contributed by atoms with Gasteiger partial charge >= 0.3 is 0 Å². The summed E-state index contributed by atoms with van der Waals surface area (Å²) in [5.74, 6) is -0.101. The van der Waals surface area contributed by atoms with Crippen molar-refractivity contribution in [2.45, 2.75) is 37.9 Å². The molecular formula is C23H28N2O3. The van der Waals surface area contributed by atoms with Crippen LogP contribution in [-0.2, 0) is 20.1 Å². The van der Waals surface area contributed by atoms with Crippen LogP contribution in [0.3, 0.4) is 0 Å². The van der Waals surface area contributed by atoms with Gasteiger partial charge in [-0.25, -0.2) is 0 Å². The third-order valence-electron chi connectivity index (χ3n) is 7.62. The van der Waals surface area contributed by atoms with Crippen LogP contribution in [0.2, 0.25) is 0 Å². The molecule has 2 bridgehead atoms. The normalized spacial score (nSPS) is 39.4. The number of anilines is 1. The summed E-state index contributed by atoms with van der Waals surface area (Å²) < 4.78 is 12.8. The van der Waals surface area contributed by atoms with Crippen LogP contribution in [0.25, 0.3) is 0 Å². The predicted octanol–water partition coefficient (Wildman–Crippen LogP) is 3.26. The second-order valence-electron chi connectivity index (χ2n) is 9.32. The molecule has 5 nitrogen and oxygen atoms in total. The Bertz CT molecular complexity index is 821. The second kappa shape index (κ2) is 6.15. The van der Waals surface area contributed by atoms with Crippen LogP contribution < -0.4 is 4.90 Å². The van der Waals surface area contributed by atoms with E-state index in [1.54, 1.807) is 0 Å². The van der Waals surface area contributed by atoms with E-state index in [1.807, 2.05) is 29.2 Å². The molecule has 28 heavy (non-hydrogen) atoms. The van der Waals surface area contributed by atoms with Crippen molar-refractivity contribution in [2.24, 2.45) is 17.3 Å². The summed E-state index contributed by atoms with van der Waals surface area (Å²) in [6.45, 7) is 3.95. The molecule has 6 rings (SSSR count). The van der Waals surface area contributed by atoms with Crippen molar-refractivity contribution >= 4 is 11.6 Å².